The van der Waals surface area contributed by atoms with Gasteiger partial charge in [-0.1, -0.05) is 6.07 Å². The zero-order valence-corrected chi connectivity index (χ0v) is 13.2. The maximum atomic E-state index is 12.8. The zero-order valence-electron chi connectivity index (χ0n) is 13.2. The summed E-state index contributed by atoms with van der Waals surface area (Å²) in [5, 5.41) is 14.0. The number of rotatable bonds is 4. The highest BCUT2D eigenvalue weighted by Crippen LogP contribution is 2.44. The monoisotopic (exact) mass is 352 g/mol. The van der Waals surface area contributed by atoms with Gasteiger partial charge in [0.25, 0.3) is 5.69 Å². The van der Waals surface area contributed by atoms with Gasteiger partial charge in [0.1, 0.15) is 0 Å². The van der Waals surface area contributed by atoms with Crippen LogP contribution in [0.2, 0.25) is 0 Å². The Morgan fingerprint density at radius 1 is 1.20 bits per heavy atom. The van der Waals surface area contributed by atoms with Gasteiger partial charge in [-0.05, 0) is 35.4 Å². The van der Waals surface area contributed by atoms with Gasteiger partial charge >= 0.3 is 6.18 Å². The molecule has 132 valence electrons. The van der Waals surface area contributed by atoms with Gasteiger partial charge in [0, 0.05) is 31.4 Å². The lowest BCUT2D eigenvalue weighted by Crippen LogP contribution is -2.10. The van der Waals surface area contributed by atoms with Crippen LogP contribution in [-0.4, -0.2) is 12.0 Å². The molecule has 0 spiro atoms. The molecule has 5 nitrogen and oxygen atoms in total. The summed E-state index contributed by atoms with van der Waals surface area (Å²) < 4.78 is 43.9. The number of fused-ring (bicyclic) bond motifs is 1. The van der Waals surface area contributed by atoms with Crippen molar-refractivity contribution in [2.24, 2.45) is 0 Å². The molecule has 2 unspecified atom stereocenters. The van der Waals surface area contributed by atoms with Crippen molar-refractivity contribution in [1.82, 2.24) is 0 Å². The second kappa shape index (κ2) is 6.36. The number of methoxy groups -OCH3 is 1. The van der Waals surface area contributed by atoms with Crippen LogP contribution in [0.1, 0.15) is 35.3 Å². The van der Waals surface area contributed by atoms with Gasteiger partial charge in [-0.2, -0.15) is 13.2 Å². The predicted molar refractivity (Wildman–Crippen MR) is 85.3 cm³/mol. The summed E-state index contributed by atoms with van der Waals surface area (Å²) in [6.07, 6.45) is -4.29. The molecule has 0 heterocycles. The Hall–Kier alpha value is -2.61. The van der Waals surface area contributed by atoms with E-state index in [1.165, 1.54) is 25.3 Å². The van der Waals surface area contributed by atoms with Gasteiger partial charge in [0.2, 0.25) is 0 Å². The third-order valence-corrected chi connectivity index (χ3v) is 4.27. The number of nitrogens with one attached hydrogen (secondary N) is 1. The molecule has 0 aromatic heterocycles. The van der Waals surface area contributed by atoms with Gasteiger partial charge < -0.3 is 10.1 Å². The van der Waals surface area contributed by atoms with Crippen LogP contribution in [-0.2, 0) is 10.9 Å². The lowest BCUT2D eigenvalue weighted by atomic mass is 10.1. The van der Waals surface area contributed by atoms with E-state index in [4.69, 9.17) is 4.74 Å². The van der Waals surface area contributed by atoms with E-state index in [9.17, 15) is 23.3 Å². The Morgan fingerprint density at radius 3 is 2.60 bits per heavy atom. The summed E-state index contributed by atoms with van der Waals surface area (Å²) in [4.78, 5) is 10.5. The normalized spacial score (nSPS) is 19.5. The maximum Gasteiger partial charge on any atom is 0.416 e. The van der Waals surface area contributed by atoms with Crippen molar-refractivity contribution in [3.05, 3.63) is 69.3 Å². The van der Waals surface area contributed by atoms with Crippen molar-refractivity contribution in [3.63, 3.8) is 0 Å². The summed E-state index contributed by atoms with van der Waals surface area (Å²) >= 11 is 0. The van der Waals surface area contributed by atoms with E-state index in [0.717, 1.165) is 17.7 Å². The van der Waals surface area contributed by atoms with Crippen LogP contribution >= 0.6 is 0 Å². The summed E-state index contributed by atoms with van der Waals surface area (Å²) in [5.74, 6) is 0. The number of alkyl halides is 3. The number of non-ortho nitro benzene ring substituents is 1. The molecule has 0 aliphatic heterocycles. The molecule has 25 heavy (non-hydrogen) atoms. The molecule has 0 amide bonds. The number of nitro groups is 1. The number of hydrogen-bond acceptors (Lipinski definition) is 4. The Bertz CT molecular complexity index is 808. The van der Waals surface area contributed by atoms with Crippen molar-refractivity contribution >= 4 is 11.4 Å². The molecule has 0 bridgehead atoms. The van der Waals surface area contributed by atoms with Gasteiger partial charge in [0.15, 0.2) is 0 Å². The first kappa shape index (κ1) is 17.2. The second-order valence-electron chi connectivity index (χ2n) is 5.81. The minimum Gasteiger partial charge on any atom is -0.378 e. The minimum absolute atomic E-state index is 0.0412. The second-order valence-corrected chi connectivity index (χ2v) is 5.81. The predicted octanol–water partition coefficient (Wildman–Crippen LogP) is 4.86. The highest BCUT2D eigenvalue weighted by molar-refractivity contribution is 5.53. The molecule has 2 aromatic rings. The van der Waals surface area contributed by atoms with Crippen LogP contribution in [0.3, 0.4) is 0 Å². The van der Waals surface area contributed by atoms with Crippen molar-refractivity contribution in [3.8, 4) is 0 Å². The van der Waals surface area contributed by atoms with Crippen LogP contribution < -0.4 is 5.32 Å². The molecular formula is C17H15F3N2O3. The van der Waals surface area contributed by atoms with Crippen LogP contribution in [0.5, 0.6) is 0 Å². The number of nitrogens with zero attached hydrogens (tertiary/aromatic N) is 1. The minimum atomic E-state index is -4.42. The highest BCUT2D eigenvalue weighted by Gasteiger charge is 2.34. The van der Waals surface area contributed by atoms with Crippen LogP contribution in [0, 0.1) is 10.1 Å². The van der Waals surface area contributed by atoms with Gasteiger partial charge in [0.05, 0.1) is 22.6 Å². The number of ether oxygens (including phenoxy) is 1. The molecule has 0 radical (unpaired) electrons. The molecule has 1 N–H and O–H groups in total. The molecule has 3 rings (SSSR count). The lowest BCUT2D eigenvalue weighted by Gasteiger charge is -2.17. The zero-order chi connectivity index (χ0) is 18.2. The fraction of sp³-hybridized carbons (Fsp3) is 0.294. The molecule has 0 saturated carbocycles. The van der Waals surface area contributed by atoms with Crippen LogP contribution in [0.15, 0.2) is 42.5 Å². The van der Waals surface area contributed by atoms with Crippen molar-refractivity contribution < 1.29 is 22.8 Å². The van der Waals surface area contributed by atoms with Crippen LogP contribution in [0.4, 0.5) is 24.5 Å². The Labute approximate surface area is 141 Å². The molecule has 1 aliphatic rings. The van der Waals surface area contributed by atoms with E-state index in [2.05, 4.69) is 5.32 Å². The molecule has 2 atom stereocenters. The number of nitro benzene ring substituents is 1. The molecule has 0 fully saturated rings. The molecule has 2 aromatic carbocycles. The van der Waals surface area contributed by atoms with Crippen molar-refractivity contribution in [2.45, 2.75) is 24.7 Å². The standard InChI is InChI=1S/C17H15F3N2O3/c1-25-16-9-15(13-6-5-12(22(23)24)8-14(13)16)21-11-4-2-3-10(7-11)17(18,19)20/h2-8,15-16,21H,9H2,1H3. The maximum absolute atomic E-state index is 12.8. The third kappa shape index (κ3) is 3.43. The first-order chi connectivity index (χ1) is 11.8. The van der Waals surface area contributed by atoms with E-state index in [0.29, 0.717) is 17.7 Å². The average Bonchev–Trinajstić information content (AvgIpc) is 2.91. The Balaban J connectivity index is 1.90. The fourth-order valence-electron chi connectivity index (χ4n) is 3.09. The SMILES string of the molecule is COC1CC(Nc2cccc(C(F)(F)F)c2)c2ccc([N+](=O)[O-])cc21. The highest BCUT2D eigenvalue weighted by atomic mass is 19.4. The average molecular weight is 352 g/mol. The van der Waals surface area contributed by atoms with E-state index < -0.39 is 16.7 Å². The fourth-order valence-corrected chi connectivity index (χ4v) is 3.09. The quantitative estimate of drug-likeness (QED) is 0.630. The van der Waals surface area contributed by atoms with Crippen LogP contribution in [0.25, 0.3) is 0 Å². The van der Waals surface area contributed by atoms with Crippen molar-refractivity contribution in [2.75, 3.05) is 12.4 Å². The molecule has 1 aliphatic carbocycles. The van der Waals surface area contributed by atoms with E-state index in [-0.39, 0.29) is 17.8 Å². The number of halogens is 3. The van der Waals surface area contributed by atoms with Crippen molar-refractivity contribution in [1.29, 1.82) is 0 Å². The smallest absolute Gasteiger partial charge is 0.378 e. The number of anilines is 1. The molecular weight excluding hydrogens is 337 g/mol. The summed E-state index contributed by atoms with van der Waals surface area (Å²) in [7, 11) is 1.50. The first-order valence-corrected chi connectivity index (χ1v) is 7.54. The topological polar surface area (TPSA) is 64.4 Å². The first-order valence-electron chi connectivity index (χ1n) is 7.54. The largest absolute Gasteiger partial charge is 0.416 e. The van der Waals surface area contributed by atoms with Gasteiger partial charge in [-0.15, -0.1) is 0 Å². The Kier molecular flexibility index (Phi) is 4.38. The van der Waals surface area contributed by atoms with E-state index in [1.807, 2.05) is 0 Å². The molecule has 8 heteroatoms. The number of hydrogen-bond donors (Lipinski definition) is 1. The number of benzene rings is 2. The van der Waals surface area contributed by atoms with E-state index in [1.54, 1.807) is 12.1 Å². The third-order valence-electron chi connectivity index (χ3n) is 4.27. The van der Waals surface area contributed by atoms with E-state index >= 15 is 0 Å². The van der Waals surface area contributed by atoms with Gasteiger partial charge in [-0.3, -0.25) is 10.1 Å². The van der Waals surface area contributed by atoms with Gasteiger partial charge in [-0.25, -0.2) is 0 Å². The lowest BCUT2D eigenvalue weighted by molar-refractivity contribution is -0.385. The summed E-state index contributed by atoms with van der Waals surface area (Å²) in [6, 6.07) is 9.13. The summed E-state index contributed by atoms with van der Waals surface area (Å²) in [6.45, 7) is 0. The Morgan fingerprint density at radius 2 is 1.96 bits per heavy atom. The molecule has 0 saturated heterocycles. The summed E-state index contributed by atoms with van der Waals surface area (Å²) in [5.41, 5.74) is 1.03.